The van der Waals surface area contributed by atoms with Crippen LogP contribution in [0.5, 0.6) is 0 Å². The van der Waals surface area contributed by atoms with Crippen LogP contribution >= 0.6 is 0 Å². The quantitative estimate of drug-likeness (QED) is 0.572. The molecule has 4 saturated heterocycles. The topological polar surface area (TPSA) is 59.0 Å². The Hall–Kier alpha value is -0.910. The van der Waals surface area contributed by atoms with E-state index in [9.17, 15) is 9.90 Å². The van der Waals surface area contributed by atoms with Crippen molar-refractivity contribution in [2.45, 2.75) is 83.5 Å². The second-order valence-corrected chi connectivity index (χ2v) is 11.5. The third-order valence-electron chi connectivity index (χ3n) is 11.3. The summed E-state index contributed by atoms with van der Waals surface area (Å²) in [6.07, 6.45) is 5.41. The van der Waals surface area contributed by atoms with Gasteiger partial charge in [-0.1, -0.05) is 20.4 Å². The van der Waals surface area contributed by atoms with Gasteiger partial charge in [-0.15, -0.1) is 0 Å². The molecular formula is C24H33NO4. The van der Waals surface area contributed by atoms with Crippen molar-refractivity contribution in [2.75, 3.05) is 6.54 Å². The lowest BCUT2D eigenvalue weighted by Gasteiger charge is -2.73. The Kier molecular flexibility index (Phi) is 3.02. The molecule has 5 saturated carbocycles. The molecule has 4 heterocycles. The Morgan fingerprint density at radius 2 is 2.17 bits per heavy atom. The highest BCUT2D eigenvalue weighted by molar-refractivity contribution is 5.66. The van der Waals surface area contributed by atoms with Gasteiger partial charge in [0.1, 0.15) is 12.3 Å². The Labute approximate surface area is 172 Å². The van der Waals surface area contributed by atoms with Crippen LogP contribution < -0.4 is 0 Å². The van der Waals surface area contributed by atoms with Crippen LogP contribution in [0.1, 0.15) is 52.9 Å². The van der Waals surface area contributed by atoms with E-state index in [1.54, 1.807) is 0 Å². The zero-order chi connectivity index (χ0) is 20.1. The SMILES string of the molecule is C=C1[C@@H](O)C23C[C@@H]1[C@@H](OC(C)=O)C[C@H]2[C@@]12C4[C@H]3C[C@@H]1[C@]1(C)CC[C@H]2O[C@@H]1N4CC. The van der Waals surface area contributed by atoms with Crippen molar-refractivity contribution in [1.82, 2.24) is 4.90 Å². The number of carbonyl (C=O) groups is 1. The molecule has 9 rings (SSSR count). The number of hydrogen-bond acceptors (Lipinski definition) is 5. The zero-order valence-corrected chi connectivity index (χ0v) is 17.8. The number of nitrogens with zero attached hydrogens (tertiary/aromatic N) is 1. The molecule has 9 aliphatic rings. The van der Waals surface area contributed by atoms with E-state index in [0.29, 0.717) is 29.9 Å². The lowest BCUT2D eigenvalue weighted by molar-refractivity contribution is -0.372. The van der Waals surface area contributed by atoms with E-state index >= 15 is 0 Å². The molecule has 158 valence electrons. The minimum absolute atomic E-state index is 0.0912. The molecule has 12 atom stereocenters. The maximum absolute atomic E-state index is 11.9. The van der Waals surface area contributed by atoms with Crippen LogP contribution in [0.3, 0.4) is 0 Å². The number of piperidine rings is 1. The molecule has 5 nitrogen and oxygen atoms in total. The molecule has 0 aromatic carbocycles. The van der Waals surface area contributed by atoms with Crippen LogP contribution in [0.4, 0.5) is 0 Å². The van der Waals surface area contributed by atoms with Crippen molar-refractivity contribution in [3.8, 4) is 0 Å². The Balaban J connectivity index is 1.44. The number of rotatable bonds is 2. The van der Waals surface area contributed by atoms with Gasteiger partial charge in [-0.2, -0.15) is 0 Å². The van der Waals surface area contributed by atoms with Crippen LogP contribution in [0.25, 0.3) is 0 Å². The number of fused-ring (bicyclic) bond motifs is 2. The predicted molar refractivity (Wildman–Crippen MR) is 106 cm³/mol. The van der Waals surface area contributed by atoms with Gasteiger partial charge in [-0.25, -0.2) is 0 Å². The van der Waals surface area contributed by atoms with Crippen molar-refractivity contribution in [1.29, 1.82) is 0 Å². The molecule has 5 heteroatoms. The lowest BCUT2D eigenvalue weighted by atomic mass is 9.41. The molecule has 1 N–H and O–H groups in total. The van der Waals surface area contributed by atoms with E-state index < -0.39 is 6.10 Å². The van der Waals surface area contributed by atoms with Crippen LogP contribution in [0.15, 0.2) is 12.2 Å². The molecular weight excluding hydrogens is 366 g/mol. The summed E-state index contributed by atoms with van der Waals surface area (Å²) < 4.78 is 12.7. The summed E-state index contributed by atoms with van der Waals surface area (Å²) in [5.74, 6) is 1.46. The maximum Gasteiger partial charge on any atom is 0.302 e. The maximum atomic E-state index is 11.9. The van der Waals surface area contributed by atoms with Crippen LogP contribution in [-0.4, -0.2) is 53.1 Å². The molecule has 9 bridgehead atoms. The Morgan fingerprint density at radius 3 is 2.90 bits per heavy atom. The molecule has 2 spiro atoms. The molecule has 5 aliphatic carbocycles. The highest BCUT2D eigenvalue weighted by Crippen LogP contribution is 2.86. The van der Waals surface area contributed by atoms with E-state index in [-0.39, 0.29) is 40.5 Å². The van der Waals surface area contributed by atoms with Gasteiger partial charge in [0.2, 0.25) is 0 Å². The van der Waals surface area contributed by atoms with Gasteiger partial charge >= 0.3 is 5.97 Å². The van der Waals surface area contributed by atoms with Gasteiger partial charge in [0, 0.05) is 35.1 Å². The van der Waals surface area contributed by atoms with Gasteiger partial charge in [-0.05, 0) is 62.0 Å². The number of esters is 1. The van der Waals surface area contributed by atoms with Gasteiger partial charge in [0.25, 0.3) is 0 Å². The fourth-order valence-corrected chi connectivity index (χ4v) is 10.8. The number of aliphatic hydroxyl groups is 1. The lowest BCUT2D eigenvalue weighted by Crippen LogP contribution is -2.78. The summed E-state index contributed by atoms with van der Waals surface area (Å²) >= 11 is 0. The first-order chi connectivity index (χ1) is 13.8. The smallest absolute Gasteiger partial charge is 0.302 e. The molecule has 4 aliphatic heterocycles. The third-order valence-corrected chi connectivity index (χ3v) is 11.3. The number of ether oxygens (including phenoxy) is 2. The highest BCUT2D eigenvalue weighted by atomic mass is 16.5. The molecule has 2 unspecified atom stereocenters. The predicted octanol–water partition coefficient (Wildman–Crippen LogP) is 2.73. The second-order valence-electron chi connectivity index (χ2n) is 11.5. The van der Waals surface area contributed by atoms with E-state index in [4.69, 9.17) is 9.47 Å². The molecule has 0 radical (unpaired) electrons. The summed E-state index contributed by atoms with van der Waals surface area (Å²) in [7, 11) is 0. The first-order valence-electron chi connectivity index (χ1n) is 11.8. The normalized spacial score (nSPS) is 63.3. The zero-order valence-electron chi connectivity index (χ0n) is 17.8. The van der Waals surface area contributed by atoms with Crippen LogP contribution in [-0.2, 0) is 14.3 Å². The highest BCUT2D eigenvalue weighted by Gasteiger charge is 2.89. The molecule has 29 heavy (non-hydrogen) atoms. The van der Waals surface area contributed by atoms with Crippen LogP contribution in [0, 0.1) is 39.9 Å². The van der Waals surface area contributed by atoms with Crippen molar-refractivity contribution >= 4 is 5.97 Å². The van der Waals surface area contributed by atoms with Gasteiger partial charge in [-0.3, -0.25) is 9.69 Å². The summed E-state index contributed by atoms with van der Waals surface area (Å²) in [6, 6.07) is 0.511. The monoisotopic (exact) mass is 399 g/mol. The van der Waals surface area contributed by atoms with E-state index in [0.717, 1.165) is 31.4 Å². The van der Waals surface area contributed by atoms with Crippen molar-refractivity contribution in [3.05, 3.63) is 12.2 Å². The number of hydrogen-bond donors (Lipinski definition) is 1. The average Bonchev–Trinajstić information content (AvgIpc) is 3.22. The van der Waals surface area contributed by atoms with E-state index in [2.05, 4.69) is 25.3 Å². The van der Waals surface area contributed by atoms with Crippen molar-refractivity contribution in [2.24, 2.45) is 39.9 Å². The van der Waals surface area contributed by atoms with Crippen LogP contribution in [0.2, 0.25) is 0 Å². The Bertz CT molecular complexity index is 843. The van der Waals surface area contributed by atoms with Gasteiger partial charge < -0.3 is 14.6 Å². The summed E-state index contributed by atoms with van der Waals surface area (Å²) in [5.41, 5.74) is 1.15. The van der Waals surface area contributed by atoms with E-state index in [1.807, 2.05) is 0 Å². The molecule has 9 fully saturated rings. The number of aliphatic hydroxyl groups excluding tert-OH is 1. The summed E-state index contributed by atoms with van der Waals surface area (Å²) in [4.78, 5) is 14.6. The molecule has 0 aromatic rings. The first-order valence-corrected chi connectivity index (χ1v) is 11.8. The van der Waals surface area contributed by atoms with Gasteiger partial charge in [0.05, 0.1) is 12.2 Å². The van der Waals surface area contributed by atoms with Gasteiger partial charge in [0.15, 0.2) is 0 Å². The summed E-state index contributed by atoms with van der Waals surface area (Å²) in [6.45, 7) is 11.6. The number of carbonyl (C=O) groups excluding carboxylic acids is 1. The minimum Gasteiger partial charge on any atom is -0.462 e. The first kappa shape index (κ1) is 17.7. The summed E-state index contributed by atoms with van der Waals surface area (Å²) in [5, 5.41) is 11.6. The fourth-order valence-electron chi connectivity index (χ4n) is 10.8. The Morgan fingerprint density at radius 1 is 1.38 bits per heavy atom. The van der Waals surface area contributed by atoms with Crippen molar-refractivity contribution < 1.29 is 19.4 Å². The third kappa shape index (κ3) is 1.52. The second kappa shape index (κ2) is 4.94. The minimum atomic E-state index is -0.465. The molecule has 0 amide bonds. The van der Waals surface area contributed by atoms with E-state index in [1.165, 1.54) is 19.8 Å². The standard InChI is InChI=1S/C24H33NO4/c1-5-25-19-14-8-16-22(4)7-6-18(29-21(22)25)24(16,19)17-9-15(28-12(3)26)13-10-23(14,17)20(27)11(13)2/h13-21,27H,2,5-10H2,1,3-4H3/t13-,14+,15-,16+,17+,18+,19?,20+,21-,22-,23?,24-/m0/s1. The fraction of sp³-hybridized carbons (Fsp3) is 0.875. The largest absolute Gasteiger partial charge is 0.462 e. The average molecular weight is 400 g/mol. The molecule has 0 aromatic heterocycles. The van der Waals surface area contributed by atoms with Crippen molar-refractivity contribution in [3.63, 3.8) is 0 Å².